The second-order valence-corrected chi connectivity index (χ2v) is 19.3. The fourth-order valence-electron chi connectivity index (χ4n) is 10.8. The SMILES string of the molecule is [C-]#[N+]c1ccc(-n2c3ccccc3c3cc(-c4nc(-c5ccccc5)nc(-c5ccccc5)n4)ccc32)c(-c2cccc(C(F)(F)F)c2-n2c3ccccc3c3cc(-c4nc(-c5ccccc5)nc(-c5ccccc5)n4)ccc32)c1. The average molecular weight is 1040 g/mol. The molecule has 0 saturated heterocycles. The number of hydrogen-bond donors (Lipinski definition) is 0. The lowest BCUT2D eigenvalue weighted by molar-refractivity contribution is -0.137. The zero-order valence-corrected chi connectivity index (χ0v) is 42.3. The molecule has 14 rings (SSSR count). The predicted molar refractivity (Wildman–Crippen MR) is 311 cm³/mol. The van der Waals surface area contributed by atoms with E-state index >= 15 is 13.2 Å². The molecular weight excluding hydrogens is 1000 g/mol. The summed E-state index contributed by atoms with van der Waals surface area (Å²) in [6.45, 7) is 8.22. The van der Waals surface area contributed by atoms with Crippen molar-refractivity contribution in [2.45, 2.75) is 6.18 Å². The minimum atomic E-state index is -4.80. The van der Waals surface area contributed by atoms with Gasteiger partial charge in [-0.1, -0.05) is 176 Å². The van der Waals surface area contributed by atoms with E-state index in [0.29, 0.717) is 68.2 Å². The summed E-state index contributed by atoms with van der Waals surface area (Å²) >= 11 is 0. The standard InChI is InChI=1S/C68H40F3N9/c1-72-48-35-38-59(79-56-31-16-14-27-49(56)52-39-46(33-36-58(52)79)66-75-62(42-19-6-2-7-20-42)73-63(76-66)43-21-8-3-9-22-43)54(41-48)51-29-18-30-55(68(69,70)71)61(51)80-57-32-17-15-28-50(57)53-40-47(34-37-60(53)80)67-77-64(44-23-10-4-11-24-44)74-65(78-67)45-25-12-5-13-26-45/h2-41H. The van der Waals surface area contributed by atoms with Crippen molar-refractivity contribution in [1.82, 2.24) is 39.0 Å². The van der Waals surface area contributed by atoms with Gasteiger partial charge < -0.3 is 9.13 Å². The number of nitrogens with zero attached hydrogens (tertiary/aromatic N) is 9. The normalized spacial score (nSPS) is 11.7. The Morgan fingerprint density at radius 1 is 0.325 bits per heavy atom. The molecule has 80 heavy (non-hydrogen) atoms. The van der Waals surface area contributed by atoms with Gasteiger partial charge in [0.15, 0.2) is 40.6 Å². The number of benzene rings is 10. The molecule has 0 amide bonds. The molecule has 12 heteroatoms. The van der Waals surface area contributed by atoms with E-state index in [2.05, 4.69) is 15.5 Å². The average Bonchev–Trinajstić information content (AvgIpc) is 4.15. The summed E-state index contributed by atoms with van der Waals surface area (Å²) in [6, 6.07) is 75.5. The molecule has 0 saturated carbocycles. The number of alkyl halides is 3. The molecule has 0 fully saturated rings. The maximum Gasteiger partial charge on any atom is 0.418 e. The van der Waals surface area contributed by atoms with Gasteiger partial charge in [-0.25, -0.2) is 34.7 Å². The Labute approximate surface area is 456 Å². The molecule has 0 aliphatic heterocycles. The van der Waals surface area contributed by atoms with Crippen molar-refractivity contribution in [1.29, 1.82) is 0 Å². The molecule has 0 bridgehead atoms. The summed E-state index contributed by atoms with van der Waals surface area (Å²) in [6.07, 6.45) is -4.80. The molecule has 9 nitrogen and oxygen atoms in total. The van der Waals surface area contributed by atoms with Crippen LogP contribution in [0.2, 0.25) is 0 Å². The zero-order chi connectivity index (χ0) is 53.9. The van der Waals surface area contributed by atoms with E-state index in [1.807, 2.05) is 206 Å². The van der Waals surface area contributed by atoms with Crippen LogP contribution in [-0.4, -0.2) is 39.0 Å². The first kappa shape index (κ1) is 47.5. The summed E-state index contributed by atoms with van der Waals surface area (Å²) in [5.74, 6) is 2.92. The summed E-state index contributed by atoms with van der Waals surface area (Å²) < 4.78 is 51.9. The molecule has 10 aromatic carbocycles. The summed E-state index contributed by atoms with van der Waals surface area (Å²) in [5.41, 5.74) is 8.03. The molecule has 14 aromatic rings. The smallest absolute Gasteiger partial charge is 0.309 e. The lowest BCUT2D eigenvalue weighted by atomic mass is 9.96. The molecular formula is C68H40F3N9. The van der Waals surface area contributed by atoms with Gasteiger partial charge in [-0.05, 0) is 72.3 Å². The number of fused-ring (bicyclic) bond motifs is 6. The van der Waals surface area contributed by atoms with Crippen LogP contribution >= 0.6 is 0 Å². The summed E-state index contributed by atoms with van der Waals surface area (Å²) in [7, 11) is 0. The van der Waals surface area contributed by atoms with Gasteiger partial charge in [0.2, 0.25) is 0 Å². The van der Waals surface area contributed by atoms with E-state index in [9.17, 15) is 0 Å². The molecule has 0 aliphatic rings. The third-order valence-corrected chi connectivity index (χ3v) is 14.5. The van der Waals surface area contributed by atoms with Crippen LogP contribution in [0.1, 0.15) is 5.56 Å². The van der Waals surface area contributed by atoms with Crippen LogP contribution < -0.4 is 0 Å². The van der Waals surface area contributed by atoms with Crippen molar-refractivity contribution in [2.75, 3.05) is 0 Å². The van der Waals surface area contributed by atoms with Crippen molar-refractivity contribution < 1.29 is 13.2 Å². The number of halogens is 3. The Bertz CT molecular complexity index is 4650. The topological polar surface area (TPSA) is 91.6 Å². The van der Waals surface area contributed by atoms with Gasteiger partial charge in [-0.2, -0.15) is 13.2 Å². The fraction of sp³-hybridized carbons (Fsp3) is 0.0147. The highest BCUT2D eigenvalue weighted by molar-refractivity contribution is 6.13. The zero-order valence-electron chi connectivity index (χ0n) is 42.3. The summed E-state index contributed by atoms with van der Waals surface area (Å²) in [5, 5.41) is 3.19. The fourth-order valence-corrected chi connectivity index (χ4v) is 10.8. The first-order valence-electron chi connectivity index (χ1n) is 25.8. The van der Waals surface area contributed by atoms with E-state index in [4.69, 9.17) is 36.5 Å². The lowest BCUT2D eigenvalue weighted by Gasteiger charge is -2.22. The largest absolute Gasteiger partial charge is 0.418 e. The van der Waals surface area contributed by atoms with Crippen molar-refractivity contribution in [3.05, 3.63) is 260 Å². The van der Waals surface area contributed by atoms with Crippen molar-refractivity contribution in [2.24, 2.45) is 0 Å². The molecule has 0 unspecified atom stereocenters. The molecule has 0 aliphatic carbocycles. The van der Waals surface area contributed by atoms with Crippen LogP contribution in [0.3, 0.4) is 0 Å². The van der Waals surface area contributed by atoms with Gasteiger partial charge in [-0.15, -0.1) is 0 Å². The van der Waals surface area contributed by atoms with Gasteiger partial charge in [0, 0.05) is 60.5 Å². The molecule has 4 aromatic heterocycles. The molecule has 0 N–H and O–H groups in total. The Morgan fingerprint density at radius 2 is 0.713 bits per heavy atom. The van der Waals surface area contributed by atoms with E-state index in [1.54, 1.807) is 22.8 Å². The molecule has 0 atom stereocenters. The Kier molecular flexibility index (Phi) is 11.5. The predicted octanol–water partition coefficient (Wildman–Crippen LogP) is 17.5. The Morgan fingerprint density at radius 3 is 1.15 bits per heavy atom. The monoisotopic (exact) mass is 1040 g/mol. The van der Waals surface area contributed by atoms with Gasteiger partial charge >= 0.3 is 6.18 Å². The van der Waals surface area contributed by atoms with Crippen LogP contribution in [0.4, 0.5) is 18.9 Å². The second kappa shape index (κ2) is 19.3. The van der Waals surface area contributed by atoms with Crippen LogP contribution in [-0.2, 0) is 6.18 Å². The van der Waals surface area contributed by atoms with Gasteiger partial charge in [0.05, 0.1) is 45.6 Å². The molecule has 0 spiro atoms. The third-order valence-electron chi connectivity index (χ3n) is 14.5. The Balaban J connectivity index is 0.974. The lowest BCUT2D eigenvalue weighted by Crippen LogP contribution is -2.12. The number of para-hydroxylation sites is 3. The first-order chi connectivity index (χ1) is 39.3. The summed E-state index contributed by atoms with van der Waals surface area (Å²) in [4.78, 5) is 33.6. The Hall–Kier alpha value is -10.9. The second-order valence-electron chi connectivity index (χ2n) is 19.3. The first-order valence-corrected chi connectivity index (χ1v) is 25.8. The number of rotatable bonds is 9. The maximum atomic E-state index is 16.0. The quantitative estimate of drug-likeness (QED) is 0.134. The molecule has 0 radical (unpaired) electrons. The van der Waals surface area contributed by atoms with Crippen molar-refractivity contribution in [3.8, 4) is 90.8 Å². The van der Waals surface area contributed by atoms with Gasteiger partial charge in [0.25, 0.3) is 0 Å². The molecule has 4 heterocycles. The number of hydrogen-bond acceptors (Lipinski definition) is 6. The van der Waals surface area contributed by atoms with Crippen LogP contribution in [0.15, 0.2) is 243 Å². The minimum absolute atomic E-state index is 0.0819. The highest BCUT2D eigenvalue weighted by Gasteiger charge is 2.37. The van der Waals surface area contributed by atoms with E-state index in [1.165, 1.54) is 6.07 Å². The van der Waals surface area contributed by atoms with Gasteiger partial charge in [0.1, 0.15) is 0 Å². The van der Waals surface area contributed by atoms with Crippen molar-refractivity contribution >= 4 is 49.3 Å². The minimum Gasteiger partial charge on any atom is -0.309 e. The van der Waals surface area contributed by atoms with E-state index in [-0.39, 0.29) is 16.9 Å². The van der Waals surface area contributed by atoms with Crippen LogP contribution in [0.5, 0.6) is 0 Å². The van der Waals surface area contributed by atoms with Crippen molar-refractivity contribution in [3.63, 3.8) is 0 Å². The van der Waals surface area contributed by atoms with E-state index < -0.39 is 11.7 Å². The van der Waals surface area contributed by atoms with Crippen LogP contribution in [0, 0.1) is 6.57 Å². The highest BCUT2D eigenvalue weighted by Crippen LogP contribution is 2.47. The molecule has 378 valence electrons. The van der Waals surface area contributed by atoms with Crippen LogP contribution in [0.25, 0.3) is 139 Å². The van der Waals surface area contributed by atoms with Gasteiger partial charge in [-0.3, -0.25) is 0 Å². The third kappa shape index (κ3) is 8.29. The highest BCUT2D eigenvalue weighted by atomic mass is 19.4. The van der Waals surface area contributed by atoms with E-state index in [0.717, 1.165) is 61.1 Å². The number of aromatic nitrogens is 8. The maximum absolute atomic E-state index is 16.0.